The van der Waals surface area contributed by atoms with Crippen molar-refractivity contribution in [1.82, 2.24) is 15.5 Å². The average molecular weight is 331 g/mol. The molecule has 2 N–H and O–H groups in total. The molecule has 6 nitrogen and oxygen atoms in total. The standard InChI is InChI=1S/C15H29N3O3S/c1-10(2)21-7-6-15(3,4)17-9-12(16-5)18-13(19)8-11(22)14(18)20/h10-12,16-17,22H,6-9H2,1-5H3. The molecule has 1 aliphatic rings. The first-order valence-electron chi connectivity index (χ1n) is 7.76. The molecular weight excluding hydrogens is 302 g/mol. The Balaban J connectivity index is 2.52. The maximum Gasteiger partial charge on any atom is 0.243 e. The van der Waals surface area contributed by atoms with Crippen molar-refractivity contribution in [2.75, 3.05) is 20.2 Å². The first kappa shape index (κ1) is 19.4. The first-order valence-corrected chi connectivity index (χ1v) is 8.27. The molecule has 0 aliphatic carbocycles. The van der Waals surface area contributed by atoms with Crippen LogP contribution in [0, 0.1) is 0 Å². The highest BCUT2D eigenvalue weighted by molar-refractivity contribution is 7.81. The average Bonchev–Trinajstić information content (AvgIpc) is 2.65. The number of likely N-dealkylation sites (tertiary alicyclic amines) is 1. The number of amides is 2. The smallest absolute Gasteiger partial charge is 0.243 e. The lowest BCUT2D eigenvalue weighted by Crippen LogP contribution is -2.56. The fourth-order valence-electron chi connectivity index (χ4n) is 2.30. The molecule has 2 unspecified atom stereocenters. The Bertz CT molecular complexity index is 401. The summed E-state index contributed by atoms with van der Waals surface area (Å²) in [5.41, 5.74) is -0.143. The Morgan fingerprint density at radius 1 is 1.41 bits per heavy atom. The molecule has 0 bridgehead atoms. The van der Waals surface area contributed by atoms with Gasteiger partial charge in [-0.05, 0) is 41.2 Å². The Hall–Kier alpha value is -0.630. The van der Waals surface area contributed by atoms with Crippen LogP contribution in [0.5, 0.6) is 0 Å². The van der Waals surface area contributed by atoms with Gasteiger partial charge in [-0.15, -0.1) is 0 Å². The van der Waals surface area contributed by atoms with Crippen LogP contribution >= 0.6 is 12.6 Å². The van der Waals surface area contributed by atoms with Crippen LogP contribution in [-0.4, -0.2) is 60.0 Å². The molecule has 22 heavy (non-hydrogen) atoms. The van der Waals surface area contributed by atoms with Crippen LogP contribution in [0.4, 0.5) is 0 Å². The molecular formula is C15H29N3O3S. The Morgan fingerprint density at radius 2 is 2.05 bits per heavy atom. The number of carbonyl (C=O) groups is 2. The number of carbonyl (C=O) groups excluding carboxylic acids is 2. The van der Waals surface area contributed by atoms with Gasteiger partial charge in [0.25, 0.3) is 0 Å². The van der Waals surface area contributed by atoms with Gasteiger partial charge in [-0.1, -0.05) is 0 Å². The van der Waals surface area contributed by atoms with Crippen molar-refractivity contribution >= 4 is 24.4 Å². The summed E-state index contributed by atoms with van der Waals surface area (Å²) < 4.78 is 5.57. The summed E-state index contributed by atoms with van der Waals surface area (Å²) in [4.78, 5) is 25.2. The lowest BCUT2D eigenvalue weighted by Gasteiger charge is -2.32. The lowest BCUT2D eigenvalue weighted by molar-refractivity contribution is -0.141. The maximum atomic E-state index is 12.0. The number of rotatable bonds is 9. The van der Waals surface area contributed by atoms with Crippen LogP contribution in [0.3, 0.4) is 0 Å². The van der Waals surface area contributed by atoms with Gasteiger partial charge in [0.05, 0.1) is 11.4 Å². The van der Waals surface area contributed by atoms with E-state index in [0.29, 0.717) is 13.2 Å². The van der Waals surface area contributed by atoms with Crippen LogP contribution in [0.15, 0.2) is 0 Å². The fourth-order valence-corrected chi connectivity index (χ4v) is 2.58. The van der Waals surface area contributed by atoms with Crippen molar-refractivity contribution in [3.05, 3.63) is 0 Å². The molecule has 1 heterocycles. The number of ether oxygens (including phenoxy) is 1. The second kappa shape index (κ2) is 8.29. The Kier molecular flexibility index (Phi) is 7.31. The summed E-state index contributed by atoms with van der Waals surface area (Å²) >= 11 is 4.15. The van der Waals surface area contributed by atoms with Gasteiger partial charge < -0.3 is 10.1 Å². The zero-order chi connectivity index (χ0) is 16.9. The van der Waals surface area contributed by atoms with Gasteiger partial charge in [-0.25, -0.2) is 0 Å². The molecule has 7 heteroatoms. The molecule has 0 aromatic heterocycles. The first-order chi connectivity index (χ1) is 10.2. The number of nitrogens with zero attached hydrogens (tertiary/aromatic N) is 1. The molecule has 1 rings (SSSR count). The zero-order valence-electron chi connectivity index (χ0n) is 14.2. The lowest BCUT2D eigenvalue weighted by atomic mass is 10.0. The molecule has 2 amide bonds. The number of hydrogen-bond donors (Lipinski definition) is 3. The molecule has 128 valence electrons. The third-order valence-corrected chi connectivity index (χ3v) is 4.16. The second-order valence-electron chi connectivity index (χ2n) is 6.56. The SMILES string of the molecule is CNC(CNC(C)(C)CCOC(C)C)N1C(=O)CC(S)C1=O. The summed E-state index contributed by atoms with van der Waals surface area (Å²) in [6.45, 7) is 9.34. The van der Waals surface area contributed by atoms with Gasteiger partial charge in [0.2, 0.25) is 11.8 Å². The molecule has 0 spiro atoms. The van der Waals surface area contributed by atoms with Crippen molar-refractivity contribution in [1.29, 1.82) is 0 Å². The van der Waals surface area contributed by atoms with E-state index in [-0.39, 0.29) is 36.0 Å². The summed E-state index contributed by atoms with van der Waals surface area (Å²) in [7, 11) is 1.74. The minimum atomic E-state index is -0.518. The van der Waals surface area contributed by atoms with Crippen molar-refractivity contribution in [2.45, 2.75) is 63.6 Å². The van der Waals surface area contributed by atoms with Crippen molar-refractivity contribution in [3.63, 3.8) is 0 Å². The molecule has 0 aromatic rings. The van der Waals surface area contributed by atoms with Crippen molar-refractivity contribution in [2.24, 2.45) is 0 Å². The predicted molar refractivity (Wildman–Crippen MR) is 89.9 cm³/mol. The Morgan fingerprint density at radius 3 is 2.50 bits per heavy atom. The number of thiol groups is 1. The zero-order valence-corrected chi connectivity index (χ0v) is 15.1. The Labute approximate surface area is 138 Å². The molecule has 0 radical (unpaired) electrons. The highest BCUT2D eigenvalue weighted by Gasteiger charge is 2.40. The quantitative estimate of drug-likeness (QED) is 0.430. The highest BCUT2D eigenvalue weighted by atomic mass is 32.1. The van der Waals surface area contributed by atoms with Crippen LogP contribution in [-0.2, 0) is 14.3 Å². The summed E-state index contributed by atoms with van der Waals surface area (Å²) in [5.74, 6) is -0.400. The van der Waals surface area contributed by atoms with E-state index < -0.39 is 5.25 Å². The van der Waals surface area contributed by atoms with Gasteiger partial charge >= 0.3 is 0 Å². The van der Waals surface area contributed by atoms with Gasteiger partial charge in [0.15, 0.2) is 0 Å². The molecule has 1 aliphatic heterocycles. The number of nitrogens with one attached hydrogen (secondary N) is 2. The second-order valence-corrected chi connectivity index (χ2v) is 7.18. The normalized spacial score (nSPS) is 21.0. The largest absolute Gasteiger partial charge is 0.379 e. The minimum absolute atomic E-state index is 0.143. The number of likely N-dealkylation sites (N-methyl/N-ethyl adjacent to an activating group) is 1. The van der Waals surface area contributed by atoms with Crippen LogP contribution in [0.1, 0.15) is 40.5 Å². The van der Waals surface area contributed by atoms with E-state index in [1.54, 1.807) is 7.05 Å². The van der Waals surface area contributed by atoms with Gasteiger partial charge in [0.1, 0.15) is 6.17 Å². The van der Waals surface area contributed by atoms with E-state index in [1.165, 1.54) is 4.90 Å². The van der Waals surface area contributed by atoms with E-state index in [0.717, 1.165) is 6.42 Å². The van der Waals surface area contributed by atoms with E-state index in [4.69, 9.17) is 4.74 Å². The molecule has 2 atom stereocenters. The van der Waals surface area contributed by atoms with Gasteiger partial charge in [0, 0.05) is 25.1 Å². The van der Waals surface area contributed by atoms with Crippen molar-refractivity contribution < 1.29 is 14.3 Å². The van der Waals surface area contributed by atoms with Crippen LogP contribution in [0.2, 0.25) is 0 Å². The predicted octanol–water partition coefficient (Wildman–Crippen LogP) is 0.772. The van der Waals surface area contributed by atoms with Crippen molar-refractivity contribution in [3.8, 4) is 0 Å². The third-order valence-electron chi connectivity index (χ3n) is 3.76. The summed E-state index contributed by atoms with van der Waals surface area (Å²) in [6, 6.07) is 0. The molecule has 1 saturated heterocycles. The maximum absolute atomic E-state index is 12.0. The topological polar surface area (TPSA) is 70.7 Å². The third kappa shape index (κ3) is 5.53. The fraction of sp³-hybridized carbons (Fsp3) is 0.867. The molecule has 1 fully saturated rings. The monoisotopic (exact) mass is 331 g/mol. The van der Waals surface area contributed by atoms with Gasteiger partial charge in [-0.3, -0.25) is 19.8 Å². The molecule has 0 aromatic carbocycles. The van der Waals surface area contributed by atoms with Gasteiger partial charge in [-0.2, -0.15) is 12.6 Å². The molecule has 0 saturated carbocycles. The number of imide groups is 1. The van der Waals surface area contributed by atoms with E-state index >= 15 is 0 Å². The van der Waals surface area contributed by atoms with Crippen LogP contribution < -0.4 is 10.6 Å². The number of hydrogen-bond acceptors (Lipinski definition) is 6. The minimum Gasteiger partial charge on any atom is -0.379 e. The summed E-state index contributed by atoms with van der Waals surface area (Å²) in [5, 5.41) is 5.91. The summed E-state index contributed by atoms with van der Waals surface area (Å²) in [6.07, 6.45) is 0.875. The van der Waals surface area contributed by atoms with E-state index in [2.05, 4.69) is 37.1 Å². The van der Waals surface area contributed by atoms with E-state index in [1.807, 2.05) is 13.8 Å². The van der Waals surface area contributed by atoms with Crippen LogP contribution in [0.25, 0.3) is 0 Å². The van der Waals surface area contributed by atoms with E-state index in [9.17, 15) is 9.59 Å². The highest BCUT2D eigenvalue weighted by Crippen LogP contribution is 2.20.